The molecule has 0 aliphatic heterocycles. The summed E-state index contributed by atoms with van der Waals surface area (Å²) in [7, 11) is 0. The van der Waals surface area contributed by atoms with Crippen molar-refractivity contribution in [3.8, 4) is 0 Å². The highest BCUT2D eigenvalue weighted by Gasteiger charge is 2.22. The Morgan fingerprint density at radius 1 is 1.50 bits per heavy atom. The predicted molar refractivity (Wildman–Crippen MR) is 58.9 cm³/mol. The first-order valence-electron chi connectivity index (χ1n) is 5.62. The Kier molecular flexibility index (Phi) is 5.05. The molecule has 0 unspecified atom stereocenters. The molecule has 1 aromatic rings. The molecule has 0 fully saturated rings. The van der Waals surface area contributed by atoms with E-state index in [9.17, 15) is 9.90 Å². The number of ether oxygens (including phenoxy) is 1. The Hall–Kier alpha value is -1.29. The molecular formula is C12H18O4. The van der Waals surface area contributed by atoms with Crippen LogP contribution in [-0.2, 0) is 16.0 Å². The molecule has 0 aromatic carbocycles. The molecule has 1 atom stereocenters. The van der Waals surface area contributed by atoms with Crippen molar-refractivity contribution in [2.24, 2.45) is 0 Å². The standard InChI is InChI=1S/C12H18O4/c1-3-5-8-15-12(14)11(13)10-7-6-9(4-2)16-10/h6-7,11,13H,3-5,8H2,1-2H3/t11-/m1/s1. The van der Waals surface area contributed by atoms with Gasteiger partial charge in [-0.1, -0.05) is 20.3 Å². The average molecular weight is 226 g/mol. The molecule has 0 aliphatic carbocycles. The highest BCUT2D eigenvalue weighted by atomic mass is 16.5. The van der Waals surface area contributed by atoms with Gasteiger partial charge in [-0.3, -0.25) is 0 Å². The van der Waals surface area contributed by atoms with E-state index in [-0.39, 0.29) is 5.76 Å². The van der Waals surface area contributed by atoms with Crippen molar-refractivity contribution in [1.82, 2.24) is 0 Å². The third kappa shape index (κ3) is 3.38. The molecule has 1 rings (SSSR count). The lowest BCUT2D eigenvalue weighted by molar-refractivity contribution is -0.155. The summed E-state index contributed by atoms with van der Waals surface area (Å²) in [6.45, 7) is 4.28. The Balaban J connectivity index is 2.49. The monoisotopic (exact) mass is 226 g/mol. The van der Waals surface area contributed by atoms with Crippen LogP contribution in [0.4, 0.5) is 0 Å². The number of carbonyl (C=O) groups excluding carboxylic acids is 1. The van der Waals surface area contributed by atoms with Crippen molar-refractivity contribution in [2.45, 2.75) is 39.2 Å². The van der Waals surface area contributed by atoms with Gasteiger partial charge >= 0.3 is 5.97 Å². The van der Waals surface area contributed by atoms with Gasteiger partial charge in [0.15, 0.2) is 0 Å². The number of aliphatic hydroxyl groups is 1. The van der Waals surface area contributed by atoms with Gasteiger partial charge in [-0.2, -0.15) is 0 Å². The van der Waals surface area contributed by atoms with Crippen molar-refractivity contribution in [1.29, 1.82) is 0 Å². The Bertz CT molecular complexity index is 330. The topological polar surface area (TPSA) is 59.7 Å². The number of aryl methyl sites for hydroxylation is 1. The fraction of sp³-hybridized carbons (Fsp3) is 0.583. The van der Waals surface area contributed by atoms with Gasteiger partial charge in [0.2, 0.25) is 6.10 Å². The molecule has 0 spiro atoms. The number of esters is 1. The van der Waals surface area contributed by atoms with Crippen LogP contribution < -0.4 is 0 Å². The van der Waals surface area contributed by atoms with Crippen LogP contribution in [0.5, 0.6) is 0 Å². The molecule has 0 saturated heterocycles. The summed E-state index contributed by atoms with van der Waals surface area (Å²) in [4.78, 5) is 11.4. The Morgan fingerprint density at radius 3 is 2.81 bits per heavy atom. The van der Waals surface area contributed by atoms with E-state index in [1.165, 1.54) is 0 Å². The third-order valence-electron chi connectivity index (χ3n) is 2.27. The average Bonchev–Trinajstić information content (AvgIpc) is 2.76. The number of aliphatic hydroxyl groups excluding tert-OH is 1. The maximum atomic E-state index is 11.4. The maximum absolute atomic E-state index is 11.4. The molecule has 90 valence electrons. The van der Waals surface area contributed by atoms with E-state index in [4.69, 9.17) is 9.15 Å². The van der Waals surface area contributed by atoms with E-state index >= 15 is 0 Å². The van der Waals surface area contributed by atoms with E-state index in [0.29, 0.717) is 6.61 Å². The molecule has 1 heterocycles. The first-order valence-corrected chi connectivity index (χ1v) is 5.62. The van der Waals surface area contributed by atoms with E-state index in [1.807, 2.05) is 13.8 Å². The number of unbranched alkanes of at least 4 members (excludes halogenated alkanes) is 1. The zero-order chi connectivity index (χ0) is 12.0. The quantitative estimate of drug-likeness (QED) is 0.597. The molecule has 4 nitrogen and oxygen atoms in total. The van der Waals surface area contributed by atoms with Crippen LogP contribution in [0.15, 0.2) is 16.5 Å². The van der Waals surface area contributed by atoms with Crippen LogP contribution in [0.3, 0.4) is 0 Å². The number of hydrogen-bond donors (Lipinski definition) is 1. The van der Waals surface area contributed by atoms with Crippen LogP contribution in [0, 0.1) is 0 Å². The smallest absolute Gasteiger partial charge is 0.342 e. The number of furan rings is 1. The van der Waals surface area contributed by atoms with Crippen LogP contribution in [0.25, 0.3) is 0 Å². The lowest BCUT2D eigenvalue weighted by atomic mass is 10.3. The number of rotatable bonds is 6. The molecule has 1 N–H and O–H groups in total. The largest absolute Gasteiger partial charge is 0.463 e. The van der Waals surface area contributed by atoms with Gasteiger partial charge in [-0.15, -0.1) is 0 Å². The predicted octanol–water partition coefficient (Wildman–Crippen LogP) is 2.22. The Morgan fingerprint density at radius 2 is 2.25 bits per heavy atom. The van der Waals surface area contributed by atoms with Gasteiger partial charge in [0.1, 0.15) is 11.5 Å². The lowest BCUT2D eigenvalue weighted by Gasteiger charge is -2.07. The summed E-state index contributed by atoms with van der Waals surface area (Å²) < 4.78 is 10.2. The van der Waals surface area contributed by atoms with E-state index < -0.39 is 12.1 Å². The first-order chi connectivity index (χ1) is 7.69. The lowest BCUT2D eigenvalue weighted by Crippen LogP contribution is -2.15. The van der Waals surface area contributed by atoms with E-state index in [2.05, 4.69) is 0 Å². The zero-order valence-corrected chi connectivity index (χ0v) is 9.73. The van der Waals surface area contributed by atoms with Gasteiger partial charge in [-0.05, 0) is 18.6 Å². The van der Waals surface area contributed by atoms with Gasteiger partial charge in [-0.25, -0.2) is 4.79 Å². The van der Waals surface area contributed by atoms with Crippen LogP contribution in [-0.4, -0.2) is 17.7 Å². The molecule has 16 heavy (non-hydrogen) atoms. The summed E-state index contributed by atoms with van der Waals surface area (Å²) in [5.41, 5.74) is 0. The first kappa shape index (κ1) is 12.8. The summed E-state index contributed by atoms with van der Waals surface area (Å²) >= 11 is 0. The molecule has 4 heteroatoms. The van der Waals surface area contributed by atoms with Crippen molar-refractivity contribution < 1.29 is 19.1 Å². The van der Waals surface area contributed by atoms with Crippen molar-refractivity contribution >= 4 is 5.97 Å². The fourth-order valence-electron chi connectivity index (χ4n) is 1.24. The van der Waals surface area contributed by atoms with Crippen LogP contribution in [0.1, 0.15) is 44.3 Å². The molecule has 0 bridgehead atoms. The molecule has 0 saturated carbocycles. The normalized spacial score (nSPS) is 12.4. The number of hydrogen-bond acceptors (Lipinski definition) is 4. The molecular weight excluding hydrogens is 208 g/mol. The maximum Gasteiger partial charge on any atom is 0.342 e. The van der Waals surface area contributed by atoms with Crippen molar-refractivity contribution in [2.75, 3.05) is 6.61 Å². The molecule has 1 aromatic heterocycles. The van der Waals surface area contributed by atoms with Crippen molar-refractivity contribution in [3.63, 3.8) is 0 Å². The second kappa shape index (κ2) is 6.33. The van der Waals surface area contributed by atoms with Crippen LogP contribution in [0.2, 0.25) is 0 Å². The number of carbonyl (C=O) groups is 1. The Labute approximate surface area is 95.2 Å². The minimum absolute atomic E-state index is 0.248. The van der Waals surface area contributed by atoms with Crippen LogP contribution >= 0.6 is 0 Å². The van der Waals surface area contributed by atoms with E-state index in [0.717, 1.165) is 25.0 Å². The van der Waals surface area contributed by atoms with Gasteiger partial charge in [0.05, 0.1) is 6.61 Å². The summed E-state index contributed by atoms with van der Waals surface area (Å²) in [6, 6.07) is 3.35. The van der Waals surface area contributed by atoms with Gasteiger partial charge in [0, 0.05) is 6.42 Å². The highest BCUT2D eigenvalue weighted by Crippen LogP contribution is 2.18. The minimum atomic E-state index is -1.31. The van der Waals surface area contributed by atoms with Gasteiger partial charge < -0.3 is 14.3 Å². The molecule has 0 aliphatic rings. The minimum Gasteiger partial charge on any atom is -0.463 e. The highest BCUT2D eigenvalue weighted by molar-refractivity contribution is 5.75. The summed E-state index contributed by atoms with van der Waals surface area (Å²) in [5.74, 6) is 0.346. The summed E-state index contributed by atoms with van der Waals surface area (Å²) in [5, 5.41) is 9.63. The fourth-order valence-corrected chi connectivity index (χ4v) is 1.24. The van der Waals surface area contributed by atoms with Crippen molar-refractivity contribution in [3.05, 3.63) is 23.7 Å². The summed E-state index contributed by atoms with van der Waals surface area (Å²) in [6.07, 6.45) is 1.18. The molecule has 0 amide bonds. The van der Waals surface area contributed by atoms with Gasteiger partial charge in [0.25, 0.3) is 0 Å². The second-order valence-corrected chi connectivity index (χ2v) is 3.58. The second-order valence-electron chi connectivity index (χ2n) is 3.58. The SMILES string of the molecule is CCCCOC(=O)[C@H](O)c1ccc(CC)o1. The van der Waals surface area contributed by atoms with E-state index in [1.54, 1.807) is 12.1 Å². The zero-order valence-electron chi connectivity index (χ0n) is 9.73. The third-order valence-corrected chi connectivity index (χ3v) is 2.27. The molecule has 0 radical (unpaired) electrons.